The molecule has 1 aliphatic heterocycles. The van der Waals surface area contributed by atoms with Crippen molar-refractivity contribution in [3.8, 4) is 11.4 Å². The smallest absolute Gasteiger partial charge is 0.320 e. The fourth-order valence-corrected chi connectivity index (χ4v) is 14.7. The number of nitrogens with zero attached hydrogens (tertiary/aromatic N) is 6. The lowest BCUT2D eigenvalue weighted by molar-refractivity contribution is 0.171. The van der Waals surface area contributed by atoms with E-state index in [9.17, 15) is 4.79 Å². The second-order valence-electron chi connectivity index (χ2n) is 17.8. The van der Waals surface area contributed by atoms with Crippen LogP contribution in [0.4, 0.5) is 16.6 Å². The topological polar surface area (TPSA) is 111 Å². The van der Waals surface area contributed by atoms with E-state index in [4.69, 9.17) is 14.3 Å². The van der Waals surface area contributed by atoms with Crippen LogP contribution in [0, 0.1) is 6.92 Å². The summed E-state index contributed by atoms with van der Waals surface area (Å²) in [7, 11) is -2.00. The van der Waals surface area contributed by atoms with Crippen molar-refractivity contribution in [2.45, 2.75) is 129 Å². The van der Waals surface area contributed by atoms with Gasteiger partial charge in [-0.25, -0.2) is 9.48 Å². The van der Waals surface area contributed by atoms with Crippen LogP contribution in [0.5, 0.6) is 5.75 Å². The average Bonchev–Trinajstić information content (AvgIpc) is 3.90. The maximum atomic E-state index is 13.7. The third-order valence-electron chi connectivity index (χ3n) is 11.9. The minimum atomic E-state index is -2.00. The number of aryl methyl sites for hydroxylation is 1. The van der Waals surface area contributed by atoms with Gasteiger partial charge in [-0.1, -0.05) is 104 Å². The van der Waals surface area contributed by atoms with E-state index in [2.05, 4.69) is 119 Å². The number of rotatable bonds is 11. The molecule has 3 aromatic heterocycles. The van der Waals surface area contributed by atoms with Crippen molar-refractivity contribution in [2.75, 3.05) is 23.3 Å². The number of pyridine rings is 1. The van der Waals surface area contributed by atoms with Crippen molar-refractivity contribution in [3.05, 3.63) is 95.3 Å². The Hall–Kier alpha value is -4.68. The van der Waals surface area contributed by atoms with Gasteiger partial charge in [0.15, 0.2) is 5.65 Å². The van der Waals surface area contributed by atoms with Crippen LogP contribution in [-0.2, 0) is 9.84 Å². The predicted molar refractivity (Wildman–Crippen MR) is 227 cm³/mol. The minimum absolute atomic E-state index is 0.173. The number of anilines is 2. The second kappa shape index (κ2) is 15.7. The van der Waals surface area contributed by atoms with E-state index in [0.29, 0.717) is 22.4 Å². The Labute approximate surface area is 333 Å². The molecule has 3 atom stereocenters. The molecule has 1 fully saturated rings. The molecule has 1 saturated heterocycles. The van der Waals surface area contributed by atoms with Gasteiger partial charge in [-0.3, -0.25) is 9.72 Å². The second-order valence-corrected chi connectivity index (χ2v) is 23.2. The molecule has 0 radical (unpaired) electrons. The predicted octanol–water partition coefficient (Wildman–Crippen LogP) is 10.1. The van der Waals surface area contributed by atoms with E-state index in [0.717, 1.165) is 77.8 Å². The summed E-state index contributed by atoms with van der Waals surface area (Å²) in [6, 6.07) is 21.9. The van der Waals surface area contributed by atoms with Gasteiger partial charge in [0, 0.05) is 24.6 Å². The van der Waals surface area contributed by atoms with Crippen LogP contribution in [0.15, 0.2) is 72.9 Å². The van der Waals surface area contributed by atoms with E-state index in [1.165, 1.54) is 0 Å². The third kappa shape index (κ3) is 7.82. The van der Waals surface area contributed by atoms with Crippen molar-refractivity contribution in [3.63, 3.8) is 0 Å². The summed E-state index contributed by atoms with van der Waals surface area (Å²) >= 11 is 0. The van der Waals surface area contributed by atoms with Crippen LogP contribution in [0.3, 0.4) is 0 Å². The van der Waals surface area contributed by atoms with Gasteiger partial charge in [0.05, 0.1) is 29.7 Å². The number of benzene rings is 2. The van der Waals surface area contributed by atoms with Gasteiger partial charge in [-0.15, -0.1) is 10.2 Å². The number of aromatic nitrogens is 5. The normalized spacial score (nSPS) is 18.9. The number of ether oxygens (including phenoxy) is 1. The number of amides is 2. The molecule has 7 rings (SSSR count). The van der Waals surface area contributed by atoms with Crippen LogP contribution in [0.2, 0.25) is 16.6 Å². The van der Waals surface area contributed by atoms with Crippen LogP contribution in [0.25, 0.3) is 11.3 Å². The van der Waals surface area contributed by atoms with E-state index in [1.807, 2.05) is 57.7 Å². The van der Waals surface area contributed by atoms with Crippen LogP contribution >= 0.6 is 0 Å². The van der Waals surface area contributed by atoms with Gasteiger partial charge in [0.1, 0.15) is 17.7 Å². The summed E-state index contributed by atoms with van der Waals surface area (Å²) in [5, 5.41) is 20.4. The molecule has 1 aliphatic carbocycles. The van der Waals surface area contributed by atoms with E-state index in [1.54, 1.807) is 0 Å². The largest absolute Gasteiger partial charge is 0.484 e. The number of fused-ring (bicyclic) bond motifs is 2. The first-order valence-corrected chi connectivity index (χ1v) is 22.6. The number of nitrogens with one attached hydrogen (secondary N) is 2. The molecule has 0 spiro atoms. The van der Waals surface area contributed by atoms with Crippen LogP contribution < -0.4 is 20.3 Å². The minimum Gasteiger partial charge on any atom is -0.484 e. The summed E-state index contributed by atoms with van der Waals surface area (Å²) < 4.78 is 17.8. The van der Waals surface area contributed by atoms with Crippen LogP contribution in [-0.4, -0.2) is 57.9 Å². The molecular weight excluding hydrogens is 717 g/mol. The van der Waals surface area contributed by atoms with E-state index < -0.39 is 8.32 Å². The molecule has 0 bridgehead atoms. The van der Waals surface area contributed by atoms with Crippen molar-refractivity contribution in [2.24, 2.45) is 0 Å². The number of carbonyl (C=O) groups excluding carboxylic acids is 1. The summed E-state index contributed by atoms with van der Waals surface area (Å²) in [6.45, 7) is 24.2. The lowest BCUT2D eigenvalue weighted by Crippen LogP contribution is -2.50. The lowest BCUT2D eigenvalue weighted by atomic mass is 9.85. The van der Waals surface area contributed by atoms with Crippen molar-refractivity contribution < 1.29 is 14.0 Å². The zero-order valence-electron chi connectivity index (χ0n) is 34.8. The molecule has 0 unspecified atom stereocenters. The summed E-state index contributed by atoms with van der Waals surface area (Å²) in [5.74, 6) is 2.19. The van der Waals surface area contributed by atoms with Crippen molar-refractivity contribution in [1.82, 2.24) is 29.7 Å². The molecule has 0 saturated carbocycles. The van der Waals surface area contributed by atoms with Gasteiger partial charge in [0.2, 0.25) is 14.3 Å². The monoisotopic (exact) mass is 776 g/mol. The first kappa shape index (κ1) is 39.5. The molecule has 11 nitrogen and oxygen atoms in total. The molecule has 4 heterocycles. The van der Waals surface area contributed by atoms with E-state index >= 15 is 0 Å². The van der Waals surface area contributed by atoms with Crippen LogP contribution in [0.1, 0.15) is 116 Å². The quantitative estimate of drug-likeness (QED) is 0.129. The first-order valence-electron chi connectivity index (χ1n) is 20.4. The van der Waals surface area contributed by atoms with Crippen molar-refractivity contribution >= 4 is 31.8 Å². The number of carbonyl (C=O) groups is 1. The zero-order valence-corrected chi connectivity index (χ0v) is 35.8. The molecular formula is C44H60N8O3Si. The molecule has 2 amide bonds. The highest BCUT2D eigenvalue weighted by atomic mass is 28.4. The highest BCUT2D eigenvalue weighted by Gasteiger charge is 2.47. The molecule has 5 aromatic rings. The van der Waals surface area contributed by atoms with Gasteiger partial charge in [0.25, 0.3) is 0 Å². The molecule has 2 N–H and O–H groups in total. The molecule has 56 heavy (non-hydrogen) atoms. The standard InChI is InChI=1S/C44H60N8O3Si/c1-28(2)56(29(3)4,30(5)6)55-34-23-24-50(26-34)43-48-47-40-22-19-33(27-51(40)43)54-38-21-20-37(35-13-11-12-14-36(35)38)45-42(53)46-41-25-39(44(8,9)10)49-52(41)32-17-15-31(7)16-18-32/h11-19,22,25,27-30,34,37-38H,20-21,23-24,26H2,1-10H3,(H2,45,46,53)/t34-,37+,38-/m1/s1. The Balaban J connectivity index is 1.05. The number of urea groups is 1. The summed E-state index contributed by atoms with van der Waals surface area (Å²) in [4.78, 5) is 16.0. The Morgan fingerprint density at radius 1 is 0.875 bits per heavy atom. The lowest BCUT2D eigenvalue weighted by Gasteiger charge is -2.44. The van der Waals surface area contributed by atoms with E-state index in [-0.39, 0.29) is 29.7 Å². The number of hydrogen-bond donors (Lipinski definition) is 2. The maximum absolute atomic E-state index is 13.7. The number of hydrogen-bond acceptors (Lipinski definition) is 7. The Morgan fingerprint density at radius 2 is 1.57 bits per heavy atom. The first-order chi connectivity index (χ1) is 26.6. The Bertz CT molecular complexity index is 2130. The third-order valence-corrected chi connectivity index (χ3v) is 18.0. The van der Waals surface area contributed by atoms with Gasteiger partial charge >= 0.3 is 6.03 Å². The summed E-state index contributed by atoms with van der Waals surface area (Å²) in [5.41, 5.74) is 7.30. The highest BCUT2D eigenvalue weighted by molar-refractivity contribution is 6.77. The van der Waals surface area contributed by atoms with Gasteiger partial charge in [-0.05, 0) is 78.2 Å². The zero-order chi connectivity index (χ0) is 39.9. The summed E-state index contributed by atoms with van der Waals surface area (Å²) in [6.07, 6.45) is 4.46. The molecule has 2 aliphatic rings. The Kier molecular flexibility index (Phi) is 11.1. The maximum Gasteiger partial charge on any atom is 0.320 e. The fraction of sp³-hybridized carbons (Fsp3) is 0.500. The SMILES string of the molecule is Cc1ccc(-n2nc(C(C)(C)C)cc2NC(=O)N[C@H]2CC[C@@H](Oc3ccc4nnc(N5CC[C@@H](O[Si](C(C)C)(C(C)C)C(C)C)C5)n4c3)c3ccccc32)cc1. The molecule has 2 aromatic carbocycles. The van der Waals surface area contributed by atoms with Gasteiger partial charge < -0.3 is 19.4 Å². The van der Waals surface area contributed by atoms with Gasteiger partial charge in [-0.2, -0.15) is 5.10 Å². The molecule has 298 valence electrons. The molecule has 12 heteroatoms. The highest BCUT2D eigenvalue weighted by Crippen LogP contribution is 2.44. The Morgan fingerprint density at radius 3 is 2.25 bits per heavy atom. The average molecular weight is 777 g/mol. The van der Waals surface area contributed by atoms with Crippen molar-refractivity contribution in [1.29, 1.82) is 0 Å². The fourth-order valence-electron chi connectivity index (χ4n) is 9.06.